The Balaban J connectivity index is 1.52. The fraction of sp³-hybridized carbons (Fsp3) is 1.00. The molecule has 0 unspecified atom stereocenters. The van der Waals surface area contributed by atoms with Gasteiger partial charge in [-0.1, -0.05) is 32.6 Å². The zero-order valence-corrected chi connectivity index (χ0v) is 12.3. The molecule has 0 radical (unpaired) electrons. The minimum absolute atomic E-state index is 0.938. The molecular formula is C16H32N2. The van der Waals surface area contributed by atoms with Gasteiger partial charge in [0.15, 0.2) is 0 Å². The van der Waals surface area contributed by atoms with E-state index in [0.29, 0.717) is 0 Å². The molecule has 2 nitrogen and oxygen atoms in total. The van der Waals surface area contributed by atoms with E-state index in [1.165, 1.54) is 84.0 Å². The van der Waals surface area contributed by atoms with Gasteiger partial charge in [0.25, 0.3) is 0 Å². The molecule has 0 aromatic carbocycles. The summed E-state index contributed by atoms with van der Waals surface area (Å²) in [5, 5.41) is 3.70. The SMILES string of the molecule is CCCCN(CCNCC1CCCCC1)C1CC1. The summed E-state index contributed by atoms with van der Waals surface area (Å²) >= 11 is 0. The third-order valence-corrected chi connectivity index (χ3v) is 4.60. The van der Waals surface area contributed by atoms with Gasteiger partial charge in [-0.15, -0.1) is 0 Å². The van der Waals surface area contributed by atoms with Crippen molar-refractivity contribution in [3.63, 3.8) is 0 Å². The van der Waals surface area contributed by atoms with Crippen molar-refractivity contribution in [3.8, 4) is 0 Å². The molecule has 0 saturated heterocycles. The molecule has 0 bridgehead atoms. The molecule has 106 valence electrons. The van der Waals surface area contributed by atoms with Crippen LogP contribution in [0.3, 0.4) is 0 Å². The van der Waals surface area contributed by atoms with E-state index in [4.69, 9.17) is 0 Å². The monoisotopic (exact) mass is 252 g/mol. The first kappa shape index (κ1) is 14.3. The highest BCUT2D eigenvalue weighted by Crippen LogP contribution is 2.26. The van der Waals surface area contributed by atoms with Crippen molar-refractivity contribution in [3.05, 3.63) is 0 Å². The first-order chi connectivity index (χ1) is 8.90. The molecule has 2 saturated carbocycles. The molecule has 18 heavy (non-hydrogen) atoms. The van der Waals surface area contributed by atoms with Gasteiger partial charge in [-0.3, -0.25) is 4.90 Å². The van der Waals surface area contributed by atoms with Crippen LogP contribution in [0.5, 0.6) is 0 Å². The van der Waals surface area contributed by atoms with Crippen LogP contribution in [0.25, 0.3) is 0 Å². The quantitative estimate of drug-likeness (QED) is 0.633. The van der Waals surface area contributed by atoms with Crippen LogP contribution in [-0.4, -0.2) is 37.1 Å². The molecule has 0 heterocycles. The Bertz CT molecular complexity index is 207. The van der Waals surface area contributed by atoms with Gasteiger partial charge < -0.3 is 5.32 Å². The van der Waals surface area contributed by atoms with Gasteiger partial charge in [-0.05, 0) is 51.1 Å². The van der Waals surface area contributed by atoms with Gasteiger partial charge in [0, 0.05) is 19.1 Å². The molecule has 0 aromatic rings. The minimum Gasteiger partial charge on any atom is -0.315 e. The van der Waals surface area contributed by atoms with E-state index in [2.05, 4.69) is 17.1 Å². The van der Waals surface area contributed by atoms with E-state index in [1.807, 2.05) is 0 Å². The van der Waals surface area contributed by atoms with Crippen molar-refractivity contribution in [2.24, 2.45) is 5.92 Å². The molecule has 2 aliphatic rings. The van der Waals surface area contributed by atoms with E-state index in [9.17, 15) is 0 Å². The Labute approximate surface area is 114 Å². The smallest absolute Gasteiger partial charge is 0.0110 e. The van der Waals surface area contributed by atoms with Crippen LogP contribution in [0.4, 0.5) is 0 Å². The molecule has 0 aromatic heterocycles. The lowest BCUT2D eigenvalue weighted by atomic mass is 9.89. The van der Waals surface area contributed by atoms with Gasteiger partial charge in [-0.2, -0.15) is 0 Å². The lowest BCUT2D eigenvalue weighted by molar-refractivity contribution is 0.253. The average Bonchev–Trinajstić information content (AvgIpc) is 3.23. The Hall–Kier alpha value is -0.0800. The maximum absolute atomic E-state index is 3.70. The standard InChI is InChI=1S/C16H32N2/c1-2-3-12-18(16-9-10-16)13-11-17-14-15-7-5-4-6-8-15/h15-17H,2-14H2,1H3. The third-order valence-electron chi connectivity index (χ3n) is 4.60. The molecule has 0 aliphatic heterocycles. The predicted octanol–water partition coefficient (Wildman–Crippen LogP) is 3.42. The van der Waals surface area contributed by atoms with E-state index in [1.54, 1.807) is 0 Å². The van der Waals surface area contributed by atoms with E-state index in [-0.39, 0.29) is 0 Å². The second-order valence-electron chi connectivity index (χ2n) is 6.33. The second-order valence-corrected chi connectivity index (χ2v) is 6.33. The molecule has 0 amide bonds. The Morgan fingerprint density at radius 3 is 2.44 bits per heavy atom. The summed E-state index contributed by atoms with van der Waals surface area (Å²) < 4.78 is 0. The van der Waals surface area contributed by atoms with Crippen LogP contribution in [0.2, 0.25) is 0 Å². The van der Waals surface area contributed by atoms with E-state index in [0.717, 1.165) is 12.0 Å². The van der Waals surface area contributed by atoms with Gasteiger partial charge in [0.2, 0.25) is 0 Å². The largest absolute Gasteiger partial charge is 0.315 e. The van der Waals surface area contributed by atoms with Crippen LogP contribution in [0.1, 0.15) is 64.7 Å². The normalized spacial score (nSPS) is 21.7. The first-order valence-electron chi connectivity index (χ1n) is 8.35. The minimum atomic E-state index is 0.938. The maximum atomic E-state index is 3.70. The van der Waals surface area contributed by atoms with Crippen molar-refractivity contribution in [2.45, 2.75) is 70.8 Å². The molecule has 1 N–H and O–H groups in total. The molecular weight excluding hydrogens is 220 g/mol. The molecule has 2 aliphatic carbocycles. The van der Waals surface area contributed by atoms with Crippen molar-refractivity contribution in [1.82, 2.24) is 10.2 Å². The van der Waals surface area contributed by atoms with Crippen LogP contribution in [0.15, 0.2) is 0 Å². The van der Waals surface area contributed by atoms with Gasteiger partial charge in [-0.25, -0.2) is 0 Å². The van der Waals surface area contributed by atoms with Crippen molar-refractivity contribution in [2.75, 3.05) is 26.2 Å². The van der Waals surface area contributed by atoms with Crippen LogP contribution in [-0.2, 0) is 0 Å². The summed E-state index contributed by atoms with van der Waals surface area (Å²) in [7, 11) is 0. The Kier molecular flexibility index (Phi) is 6.50. The van der Waals surface area contributed by atoms with Crippen molar-refractivity contribution >= 4 is 0 Å². The fourth-order valence-electron chi connectivity index (χ4n) is 3.20. The number of hydrogen-bond acceptors (Lipinski definition) is 2. The van der Waals surface area contributed by atoms with Gasteiger partial charge in [0.1, 0.15) is 0 Å². The number of rotatable bonds is 9. The number of unbranched alkanes of at least 4 members (excludes halogenated alkanes) is 1. The highest BCUT2D eigenvalue weighted by atomic mass is 15.2. The highest BCUT2D eigenvalue weighted by molar-refractivity contribution is 4.84. The van der Waals surface area contributed by atoms with Crippen LogP contribution < -0.4 is 5.32 Å². The summed E-state index contributed by atoms with van der Waals surface area (Å²) in [6, 6.07) is 0.938. The van der Waals surface area contributed by atoms with Gasteiger partial charge >= 0.3 is 0 Å². The topological polar surface area (TPSA) is 15.3 Å². The number of hydrogen-bond donors (Lipinski definition) is 1. The molecule has 2 heteroatoms. The first-order valence-corrected chi connectivity index (χ1v) is 8.35. The van der Waals surface area contributed by atoms with Crippen LogP contribution >= 0.6 is 0 Å². The lowest BCUT2D eigenvalue weighted by Crippen LogP contribution is -2.36. The second kappa shape index (κ2) is 8.16. The zero-order chi connectivity index (χ0) is 12.6. The Morgan fingerprint density at radius 2 is 1.78 bits per heavy atom. The summed E-state index contributed by atoms with van der Waals surface area (Å²) in [4.78, 5) is 2.72. The predicted molar refractivity (Wildman–Crippen MR) is 78.9 cm³/mol. The van der Waals surface area contributed by atoms with Gasteiger partial charge in [0.05, 0.1) is 0 Å². The molecule has 2 fully saturated rings. The Morgan fingerprint density at radius 1 is 1.00 bits per heavy atom. The summed E-state index contributed by atoms with van der Waals surface area (Å²) in [6.07, 6.45) is 13.0. The van der Waals surface area contributed by atoms with Crippen LogP contribution in [0, 0.1) is 5.92 Å². The summed E-state index contributed by atoms with van der Waals surface area (Å²) in [5.41, 5.74) is 0. The van der Waals surface area contributed by atoms with Crippen molar-refractivity contribution < 1.29 is 0 Å². The maximum Gasteiger partial charge on any atom is 0.0110 e. The lowest BCUT2D eigenvalue weighted by Gasteiger charge is -2.24. The zero-order valence-electron chi connectivity index (χ0n) is 12.3. The summed E-state index contributed by atoms with van der Waals surface area (Å²) in [6.45, 7) is 7.37. The molecule has 0 spiro atoms. The fourth-order valence-corrected chi connectivity index (χ4v) is 3.20. The molecule has 2 rings (SSSR count). The highest BCUT2D eigenvalue weighted by Gasteiger charge is 2.27. The number of nitrogens with zero attached hydrogens (tertiary/aromatic N) is 1. The average molecular weight is 252 g/mol. The third kappa shape index (κ3) is 5.27. The molecule has 0 atom stereocenters. The van der Waals surface area contributed by atoms with Crippen molar-refractivity contribution in [1.29, 1.82) is 0 Å². The number of nitrogens with one attached hydrogen (secondary N) is 1. The van der Waals surface area contributed by atoms with E-state index < -0.39 is 0 Å². The summed E-state index contributed by atoms with van der Waals surface area (Å²) in [5.74, 6) is 0.976. The van der Waals surface area contributed by atoms with E-state index >= 15 is 0 Å².